The van der Waals surface area contributed by atoms with Gasteiger partial charge in [-0.25, -0.2) is 23.5 Å². The molecule has 1 aromatic rings. The van der Waals surface area contributed by atoms with Crippen LogP contribution in [0.5, 0.6) is 0 Å². The molecule has 0 atom stereocenters. The Labute approximate surface area is 113 Å². The summed E-state index contributed by atoms with van der Waals surface area (Å²) in [5.41, 5.74) is -1.61. The minimum absolute atomic E-state index is 0.0927. The van der Waals surface area contributed by atoms with Gasteiger partial charge in [0.05, 0.1) is 0 Å². The van der Waals surface area contributed by atoms with Crippen LogP contribution in [0.1, 0.15) is 36.2 Å². The summed E-state index contributed by atoms with van der Waals surface area (Å²) in [6, 6.07) is 1.20. The number of fused-ring (bicyclic) bond motifs is 1. The Hall–Kier alpha value is -1.79. The maximum atomic E-state index is 13.8. The molecule has 106 valence electrons. The number of alkyl halides is 2. The lowest BCUT2D eigenvalue weighted by Crippen LogP contribution is -2.41. The summed E-state index contributed by atoms with van der Waals surface area (Å²) in [5, 5.41) is 11.8. The second-order valence-corrected chi connectivity index (χ2v) is 6.06. The molecule has 1 heterocycles. The number of rotatable bonds is 3. The van der Waals surface area contributed by atoms with Gasteiger partial charge in [-0.15, -0.1) is 0 Å². The van der Waals surface area contributed by atoms with E-state index in [9.17, 15) is 13.6 Å². The van der Waals surface area contributed by atoms with Crippen LogP contribution in [0.25, 0.3) is 0 Å². The molecule has 0 saturated heterocycles. The Morgan fingerprint density at radius 2 is 2.05 bits per heavy atom. The molecule has 20 heavy (non-hydrogen) atoms. The quantitative estimate of drug-likeness (QED) is 0.888. The van der Waals surface area contributed by atoms with Crippen LogP contribution in [0.3, 0.4) is 0 Å². The van der Waals surface area contributed by atoms with Crippen LogP contribution in [0.15, 0.2) is 12.3 Å². The topological polar surface area (TPSA) is 75.1 Å². The fraction of sp³-hybridized carbons (Fsp3) is 0.615. The number of aromatic nitrogens is 2. The maximum absolute atomic E-state index is 13.8. The summed E-state index contributed by atoms with van der Waals surface area (Å²) >= 11 is 0. The molecular weight excluding hydrogens is 268 g/mol. The van der Waals surface area contributed by atoms with Crippen LogP contribution in [0.2, 0.25) is 0 Å². The van der Waals surface area contributed by atoms with Crippen molar-refractivity contribution in [1.82, 2.24) is 9.97 Å². The molecule has 4 rings (SSSR count). The second-order valence-electron chi connectivity index (χ2n) is 6.06. The van der Waals surface area contributed by atoms with Crippen molar-refractivity contribution < 1.29 is 18.7 Å². The zero-order chi connectivity index (χ0) is 14.2. The summed E-state index contributed by atoms with van der Waals surface area (Å²) in [6.45, 7) is 0. The van der Waals surface area contributed by atoms with Crippen molar-refractivity contribution in [1.29, 1.82) is 0 Å². The number of anilines is 1. The number of halogens is 2. The van der Waals surface area contributed by atoms with E-state index in [1.807, 2.05) is 0 Å². The van der Waals surface area contributed by atoms with Gasteiger partial charge in [-0.1, -0.05) is 0 Å². The number of hydrogen-bond donors (Lipinski definition) is 2. The first-order chi connectivity index (χ1) is 9.42. The van der Waals surface area contributed by atoms with E-state index in [0.29, 0.717) is 25.7 Å². The molecule has 7 heteroatoms. The highest BCUT2D eigenvalue weighted by Crippen LogP contribution is 2.92. The number of nitrogens with one attached hydrogen (secondary N) is 1. The highest BCUT2D eigenvalue weighted by molar-refractivity contribution is 5.85. The monoisotopic (exact) mass is 281 g/mol. The first kappa shape index (κ1) is 12.0. The Morgan fingerprint density at radius 1 is 1.35 bits per heavy atom. The van der Waals surface area contributed by atoms with E-state index in [1.165, 1.54) is 12.3 Å². The summed E-state index contributed by atoms with van der Waals surface area (Å²) in [4.78, 5) is 18.6. The van der Waals surface area contributed by atoms with Crippen LogP contribution in [0, 0.1) is 10.8 Å². The van der Waals surface area contributed by atoms with Crippen molar-refractivity contribution in [2.45, 2.75) is 37.6 Å². The molecule has 2 spiro atoms. The molecule has 0 bridgehead atoms. The van der Waals surface area contributed by atoms with Gasteiger partial charge in [0.25, 0.3) is 5.92 Å². The normalized spacial score (nSPS) is 34.6. The van der Waals surface area contributed by atoms with E-state index >= 15 is 0 Å². The zero-order valence-electron chi connectivity index (χ0n) is 10.6. The lowest BCUT2D eigenvalue weighted by Gasteiger charge is -2.37. The van der Waals surface area contributed by atoms with Gasteiger partial charge in [-0.05, 0) is 31.7 Å². The van der Waals surface area contributed by atoms with Crippen molar-refractivity contribution in [3.63, 3.8) is 0 Å². The Balaban J connectivity index is 1.44. The van der Waals surface area contributed by atoms with Gasteiger partial charge < -0.3 is 10.4 Å². The van der Waals surface area contributed by atoms with Crippen LogP contribution in [0.4, 0.5) is 14.7 Å². The van der Waals surface area contributed by atoms with E-state index < -0.39 is 22.7 Å². The number of hydrogen-bond acceptors (Lipinski definition) is 4. The zero-order valence-corrected chi connectivity index (χ0v) is 10.6. The molecule has 3 saturated carbocycles. The van der Waals surface area contributed by atoms with E-state index in [4.69, 9.17) is 5.11 Å². The molecular formula is C13H13F2N3O2. The van der Waals surface area contributed by atoms with Crippen molar-refractivity contribution in [3.05, 3.63) is 18.0 Å². The predicted molar refractivity (Wildman–Crippen MR) is 64.7 cm³/mol. The van der Waals surface area contributed by atoms with Crippen molar-refractivity contribution in [3.8, 4) is 0 Å². The highest BCUT2D eigenvalue weighted by atomic mass is 19.3. The molecule has 3 fully saturated rings. The summed E-state index contributed by atoms with van der Waals surface area (Å²) in [6.07, 6.45) is 3.46. The van der Waals surface area contributed by atoms with Crippen LogP contribution in [-0.2, 0) is 0 Å². The number of carbonyl (C=O) groups is 1. The standard InChI is InChI=1S/C13H13F2N3O2/c14-13(15)11(2-3-11)12(13)5-7(6-12)17-10-16-4-1-8(18-10)9(19)20/h1,4,7H,2-3,5-6H2,(H,19,20)(H,16,17,18). The van der Waals surface area contributed by atoms with E-state index in [1.54, 1.807) is 0 Å². The molecule has 2 N–H and O–H groups in total. The van der Waals surface area contributed by atoms with E-state index in [0.717, 1.165) is 0 Å². The number of aromatic carboxylic acids is 1. The Bertz CT molecular complexity index is 603. The van der Waals surface area contributed by atoms with Gasteiger partial charge in [0.15, 0.2) is 5.69 Å². The van der Waals surface area contributed by atoms with Crippen molar-refractivity contribution in [2.75, 3.05) is 5.32 Å². The molecule has 0 aromatic carbocycles. The van der Waals surface area contributed by atoms with E-state index in [-0.39, 0.29) is 17.7 Å². The summed E-state index contributed by atoms with van der Waals surface area (Å²) < 4.78 is 27.6. The smallest absolute Gasteiger partial charge is 0.354 e. The lowest BCUT2D eigenvalue weighted by molar-refractivity contribution is 0.0222. The first-order valence-corrected chi connectivity index (χ1v) is 6.63. The predicted octanol–water partition coefficient (Wildman–Crippen LogP) is 2.16. The molecule has 0 radical (unpaired) electrons. The van der Waals surface area contributed by atoms with Gasteiger partial charge in [0, 0.05) is 23.1 Å². The third-order valence-electron chi connectivity index (χ3n) is 5.20. The molecule has 0 aliphatic heterocycles. The van der Waals surface area contributed by atoms with Crippen molar-refractivity contribution >= 4 is 11.9 Å². The molecule has 0 unspecified atom stereocenters. The van der Waals surface area contributed by atoms with Gasteiger partial charge >= 0.3 is 5.97 Å². The molecule has 0 amide bonds. The fourth-order valence-electron chi connectivity index (χ4n) is 3.92. The summed E-state index contributed by atoms with van der Waals surface area (Å²) in [5.74, 6) is -3.45. The lowest BCUT2D eigenvalue weighted by atomic mass is 9.74. The van der Waals surface area contributed by atoms with Gasteiger partial charge in [-0.3, -0.25) is 0 Å². The van der Waals surface area contributed by atoms with Crippen LogP contribution < -0.4 is 5.32 Å². The highest BCUT2D eigenvalue weighted by Gasteiger charge is 2.97. The average Bonchev–Trinajstić information content (AvgIpc) is 3.21. The van der Waals surface area contributed by atoms with Gasteiger partial charge in [0.2, 0.25) is 5.95 Å². The maximum Gasteiger partial charge on any atom is 0.354 e. The van der Waals surface area contributed by atoms with Crippen molar-refractivity contribution in [2.24, 2.45) is 10.8 Å². The van der Waals surface area contributed by atoms with E-state index in [2.05, 4.69) is 15.3 Å². The van der Waals surface area contributed by atoms with Gasteiger partial charge in [-0.2, -0.15) is 0 Å². The fourth-order valence-corrected chi connectivity index (χ4v) is 3.92. The van der Waals surface area contributed by atoms with Gasteiger partial charge in [0.1, 0.15) is 0 Å². The molecule has 5 nitrogen and oxygen atoms in total. The molecule has 3 aliphatic rings. The minimum Gasteiger partial charge on any atom is -0.477 e. The first-order valence-electron chi connectivity index (χ1n) is 6.63. The number of nitrogens with zero attached hydrogens (tertiary/aromatic N) is 2. The molecule has 1 aromatic heterocycles. The molecule has 3 aliphatic carbocycles. The summed E-state index contributed by atoms with van der Waals surface area (Å²) in [7, 11) is 0. The minimum atomic E-state index is -2.51. The third kappa shape index (κ3) is 1.19. The second kappa shape index (κ2) is 3.27. The third-order valence-corrected chi connectivity index (χ3v) is 5.20. The Kier molecular flexibility index (Phi) is 1.96. The largest absolute Gasteiger partial charge is 0.477 e. The number of carboxylic acids is 1. The van der Waals surface area contributed by atoms with Crippen LogP contribution >= 0.6 is 0 Å². The van der Waals surface area contributed by atoms with Crippen LogP contribution in [-0.4, -0.2) is 33.0 Å². The Morgan fingerprint density at radius 3 is 2.60 bits per heavy atom. The average molecular weight is 281 g/mol. The SMILES string of the molecule is O=C(O)c1ccnc(NC2CC3(C2)C(F)(F)C32CC2)n1. The number of carboxylic acid groups (broad SMARTS) is 1.